The lowest BCUT2D eigenvalue weighted by Gasteiger charge is -2.02. The predicted molar refractivity (Wildman–Crippen MR) is 66.5 cm³/mol. The van der Waals surface area contributed by atoms with Gasteiger partial charge < -0.3 is 5.11 Å². The quantitative estimate of drug-likeness (QED) is 0.905. The number of hydrogen-bond acceptors (Lipinski definition) is 3. The third kappa shape index (κ3) is 2.55. The monoisotopic (exact) mass is 250 g/mol. The second-order valence-corrected chi connectivity index (χ2v) is 4.99. The molecule has 2 heterocycles. The lowest BCUT2D eigenvalue weighted by Crippen LogP contribution is -2.05. The fraction of sp³-hybridized carbons (Fsp3) is 0.333. The van der Waals surface area contributed by atoms with Crippen LogP contribution in [0.1, 0.15) is 21.8 Å². The smallest absolute Gasteiger partial charge is 0.307 e. The maximum absolute atomic E-state index is 10.8. The molecule has 0 radical (unpaired) electrons. The molecule has 0 aliphatic heterocycles. The molecule has 90 valence electrons. The Balaban J connectivity index is 2.27. The van der Waals surface area contributed by atoms with Crippen molar-refractivity contribution >= 4 is 17.3 Å². The van der Waals surface area contributed by atoms with Crippen LogP contribution >= 0.6 is 11.3 Å². The number of aromatic nitrogens is 2. The van der Waals surface area contributed by atoms with E-state index in [1.807, 2.05) is 30.0 Å². The van der Waals surface area contributed by atoms with Crippen molar-refractivity contribution in [1.29, 1.82) is 0 Å². The summed E-state index contributed by atoms with van der Waals surface area (Å²) in [5.41, 5.74) is 2.58. The summed E-state index contributed by atoms with van der Waals surface area (Å²) >= 11 is 1.68. The van der Waals surface area contributed by atoms with Gasteiger partial charge in [0, 0.05) is 16.1 Å². The zero-order valence-electron chi connectivity index (χ0n) is 9.80. The number of carbonyl (C=O) groups is 1. The minimum atomic E-state index is -0.813. The molecule has 4 nitrogen and oxygen atoms in total. The Labute approximate surface area is 104 Å². The van der Waals surface area contributed by atoms with E-state index >= 15 is 0 Å². The maximum Gasteiger partial charge on any atom is 0.307 e. The topological polar surface area (TPSA) is 55.1 Å². The number of aliphatic carboxylic acids is 1. The molecule has 0 amide bonds. The molecule has 2 aromatic rings. The molecule has 0 aliphatic rings. The molecule has 0 aliphatic carbocycles. The summed E-state index contributed by atoms with van der Waals surface area (Å²) in [6.45, 7) is 4.49. The van der Waals surface area contributed by atoms with E-state index in [2.05, 4.69) is 11.2 Å². The van der Waals surface area contributed by atoms with Crippen LogP contribution in [0.5, 0.6) is 0 Å². The average molecular weight is 250 g/mol. The molecule has 0 saturated carbocycles. The fourth-order valence-corrected chi connectivity index (χ4v) is 2.53. The van der Waals surface area contributed by atoms with Crippen LogP contribution in [0.15, 0.2) is 17.5 Å². The van der Waals surface area contributed by atoms with Crippen molar-refractivity contribution in [2.24, 2.45) is 0 Å². The van der Waals surface area contributed by atoms with E-state index in [1.165, 1.54) is 4.88 Å². The van der Waals surface area contributed by atoms with Gasteiger partial charge in [0.2, 0.25) is 0 Å². The van der Waals surface area contributed by atoms with Crippen LogP contribution in [0.3, 0.4) is 0 Å². The van der Waals surface area contributed by atoms with Crippen LogP contribution in [-0.2, 0) is 17.8 Å². The normalized spacial score (nSPS) is 10.7. The van der Waals surface area contributed by atoms with Gasteiger partial charge in [-0.05, 0) is 25.3 Å². The standard InChI is InChI=1S/C12H14N2O2S/c1-8-11(6-12(15)16)9(2)14(13-8)7-10-4-3-5-17-10/h3-5H,6-7H2,1-2H3,(H,15,16). The summed E-state index contributed by atoms with van der Waals surface area (Å²) in [6, 6.07) is 4.06. The SMILES string of the molecule is Cc1nn(Cc2cccs2)c(C)c1CC(=O)O. The van der Waals surface area contributed by atoms with Gasteiger partial charge in [0.05, 0.1) is 18.7 Å². The van der Waals surface area contributed by atoms with E-state index in [0.717, 1.165) is 17.0 Å². The lowest BCUT2D eigenvalue weighted by atomic mass is 10.1. The van der Waals surface area contributed by atoms with Gasteiger partial charge in [0.1, 0.15) is 0 Å². The van der Waals surface area contributed by atoms with Crippen molar-refractivity contribution in [2.45, 2.75) is 26.8 Å². The molecule has 0 fully saturated rings. The van der Waals surface area contributed by atoms with Crippen molar-refractivity contribution in [2.75, 3.05) is 0 Å². The highest BCUT2D eigenvalue weighted by Crippen LogP contribution is 2.17. The Bertz CT molecular complexity index is 529. The Morgan fingerprint density at radius 3 is 2.88 bits per heavy atom. The molecule has 5 heteroatoms. The van der Waals surface area contributed by atoms with E-state index < -0.39 is 5.97 Å². The van der Waals surface area contributed by atoms with Gasteiger partial charge in [-0.3, -0.25) is 9.48 Å². The summed E-state index contributed by atoms with van der Waals surface area (Å²) in [7, 11) is 0. The van der Waals surface area contributed by atoms with Crippen LogP contribution in [0, 0.1) is 13.8 Å². The third-order valence-corrected chi connectivity index (χ3v) is 3.61. The first-order chi connectivity index (χ1) is 8.08. The number of nitrogens with zero attached hydrogens (tertiary/aromatic N) is 2. The summed E-state index contributed by atoms with van der Waals surface area (Å²) in [4.78, 5) is 12.0. The largest absolute Gasteiger partial charge is 0.481 e. The van der Waals surface area contributed by atoms with Gasteiger partial charge in [-0.25, -0.2) is 0 Å². The number of carboxylic acid groups (broad SMARTS) is 1. The Morgan fingerprint density at radius 1 is 1.53 bits per heavy atom. The highest BCUT2D eigenvalue weighted by atomic mass is 32.1. The highest BCUT2D eigenvalue weighted by molar-refractivity contribution is 7.09. The zero-order chi connectivity index (χ0) is 12.4. The third-order valence-electron chi connectivity index (χ3n) is 2.75. The zero-order valence-corrected chi connectivity index (χ0v) is 10.6. The van der Waals surface area contributed by atoms with E-state index in [9.17, 15) is 4.79 Å². The molecule has 2 aromatic heterocycles. The van der Waals surface area contributed by atoms with E-state index in [4.69, 9.17) is 5.11 Å². The highest BCUT2D eigenvalue weighted by Gasteiger charge is 2.14. The minimum Gasteiger partial charge on any atom is -0.481 e. The van der Waals surface area contributed by atoms with Crippen LogP contribution in [-0.4, -0.2) is 20.9 Å². The maximum atomic E-state index is 10.8. The second-order valence-electron chi connectivity index (χ2n) is 3.96. The van der Waals surface area contributed by atoms with Gasteiger partial charge in [-0.15, -0.1) is 11.3 Å². The Hall–Kier alpha value is -1.62. The molecule has 2 rings (SSSR count). The van der Waals surface area contributed by atoms with Gasteiger partial charge in [-0.2, -0.15) is 5.10 Å². The molecule has 17 heavy (non-hydrogen) atoms. The number of aryl methyl sites for hydroxylation is 1. The number of hydrogen-bond donors (Lipinski definition) is 1. The van der Waals surface area contributed by atoms with Crippen LogP contribution in [0.25, 0.3) is 0 Å². The van der Waals surface area contributed by atoms with Crippen molar-refractivity contribution in [3.8, 4) is 0 Å². The van der Waals surface area contributed by atoms with Gasteiger partial charge in [-0.1, -0.05) is 6.07 Å². The number of carboxylic acids is 1. The van der Waals surface area contributed by atoms with Gasteiger partial charge >= 0.3 is 5.97 Å². The minimum absolute atomic E-state index is 0.0438. The molecule has 0 saturated heterocycles. The van der Waals surface area contributed by atoms with Gasteiger partial charge in [0.15, 0.2) is 0 Å². The van der Waals surface area contributed by atoms with Crippen molar-refractivity contribution < 1.29 is 9.90 Å². The first-order valence-corrected chi connectivity index (χ1v) is 6.23. The molecule has 0 atom stereocenters. The lowest BCUT2D eigenvalue weighted by molar-refractivity contribution is -0.136. The van der Waals surface area contributed by atoms with E-state index in [0.29, 0.717) is 6.54 Å². The average Bonchev–Trinajstić information content (AvgIpc) is 2.83. The van der Waals surface area contributed by atoms with Crippen LogP contribution < -0.4 is 0 Å². The number of thiophene rings is 1. The van der Waals surface area contributed by atoms with Crippen LogP contribution in [0.4, 0.5) is 0 Å². The van der Waals surface area contributed by atoms with Crippen molar-refractivity contribution in [3.63, 3.8) is 0 Å². The summed E-state index contributed by atoms with van der Waals surface area (Å²) in [6.07, 6.45) is 0.0438. The molecule has 0 unspecified atom stereocenters. The fourth-order valence-electron chi connectivity index (χ4n) is 1.85. The summed E-state index contributed by atoms with van der Waals surface area (Å²) in [5, 5.41) is 15.3. The summed E-state index contributed by atoms with van der Waals surface area (Å²) in [5.74, 6) is -0.813. The van der Waals surface area contributed by atoms with E-state index in [-0.39, 0.29) is 6.42 Å². The van der Waals surface area contributed by atoms with Crippen molar-refractivity contribution in [1.82, 2.24) is 9.78 Å². The van der Waals surface area contributed by atoms with E-state index in [1.54, 1.807) is 11.3 Å². The molecule has 0 bridgehead atoms. The first kappa shape index (κ1) is 11.9. The van der Waals surface area contributed by atoms with Crippen molar-refractivity contribution in [3.05, 3.63) is 39.3 Å². The first-order valence-electron chi connectivity index (χ1n) is 5.35. The Morgan fingerprint density at radius 2 is 2.29 bits per heavy atom. The molecule has 0 spiro atoms. The van der Waals surface area contributed by atoms with Gasteiger partial charge in [0.25, 0.3) is 0 Å². The Kier molecular flexibility index (Phi) is 3.28. The number of rotatable bonds is 4. The molecular weight excluding hydrogens is 236 g/mol. The van der Waals surface area contributed by atoms with Crippen LogP contribution in [0.2, 0.25) is 0 Å². The second kappa shape index (κ2) is 4.71. The summed E-state index contributed by atoms with van der Waals surface area (Å²) < 4.78 is 1.87. The molecular formula is C12H14N2O2S. The molecule has 1 N–H and O–H groups in total. The molecule has 0 aromatic carbocycles. The predicted octanol–water partition coefficient (Wildman–Crippen LogP) is 2.24.